The van der Waals surface area contributed by atoms with E-state index in [1.807, 2.05) is 0 Å². The topological polar surface area (TPSA) is 19.6 Å². The number of rotatable bonds is 6. The molecule has 1 heterocycles. The molecule has 11 aromatic carbocycles. The third-order valence-corrected chi connectivity index (χ3v) is 14.1. The van der Waals surface area contributed by atoms with E-state index in [1.165, 1.54) is 66.1 Å². The third kappa shape index (κ3) is 5.14. The molecule has 0 atom stereocenters. The summed E-state index contributed by atoms with van der Waals surface area (Å²) >= 11 is 0. The Morgan fingerprint density at radius 1 is 0.318 bits per heavy atom. The molecule has 308 valence electrons. The highest BCUT2D eigenvalue weighted by atomic mass is 16.3. The maximum Gasteiger partial charge on any atom is 0.144 e. The van der Waals surface area contributed by atoms with E-state index in [-0.39, 0.29) is 0 Å². The number of furan rings is 1. The van der Waals surface area contributed by atoms with Gasteiger partial charge in [0.15, 0.2) is 0 Å². The van der Waals surface area contributed by atoms with Crippen molar-refractivity contribution in [2.75, 3.05) is 9.80 Å². The molecule has 0 unspecified atom stereocenters. The molecule has 14 rings (SSSR count). The summed E-state index contributed by atoms with van der Waals surface area (Å²) in [5, 5.41) is 7.02. The first kappa shape index (κ1) is 36.8. The smallest absolute Gasteiger partial charge is 0.144 e. The fourth-order valence-corrected chi connectivity index (χ4v) is 11.6. The van der Waals surface area contributed by atoms with Crippen molar-refractivity contribution in [3.8, 4) is 22.3 Å². The van der Waals surface area contributed by atoms with Crippen molar-refractivity contribution in [1.82, 2.24) is 0 Å². The lowest BCUT2D eigenvalue weighted by Crippen LogP contribution is -2.26. The zero-order valence-electron chi connectivity index (χ0n) is 35.9. The molecule has 0 bridgehead atoms. The van der Waals surface area contributed by atoms with E-state index in [2.05, 4.69) is 252 Å². The Hall–Kier alpha value is -8.66. The Balaban J connectivity index is 1.11. The van der Waals surface area contributed by atoms with Crippen LogP contribution in [-0.2, 0) is 5.41 Å². The second-order valence-corrected chi connectivity index (χ2v) is 17.6. The molecule has 0 fully saturated rings. The van der Waals surface area contributed by atoms with Gasteiger partial charge in [-0.05, 0) is 151 Å². The van der Waals surface area contributed by atoms with Gasteiger partial charge in [0.05, 0.1) is 5.41 Å². The molecule has 0 aliphatic heterocycles. The van der Waals surface area contributed by atoms with Gasteiger partial charge in [0, 0.05) is 50.5 Å². The first-order valence-electron chi connectivity index (χ1n) is 22.8. The number of para-hydroxylation sites is 5. The second-order valence-electron chi connectivity index (χ2n) is 17.6. The van der Waals surface area contributed by atoms with Crippen LogP contribution in [0.2, 0.25) is 0 Å². The second kappa shape index (κ2) is 14.2. The van der Waals surface area contributed by atoms with Crippen LogP contribution in [0, 0.1) is 0 Å². The van der Waals surface area contributed by atoms with Crippen LogP contribution in [0.4, 0.5) is 34.1 Å². The normalized spacial score (nSPS) is 13.0. The number of hydrogen-bond donors (Lipinski definition) is 0. The van der Waals surface area contributed by atoms with Crippen LogP contribution in [-0.4, -0.2) is 0 Å². The Morgan fingerprint density at radius 3 is 1.41 bits per heavy atom. The van der Waals surface area contributed by atoms with Crippen LogP contribution >= 0.6 is 0 Å². The van der Waals surface area contributed by atoms with E-state index >= 15 is 0 Å². The summed E-state index contributed by atoms with van der Waals surface area (Å²) in [6.45, 7) is 0. The highest BCUT2D eigenvalue weighted by Crippen LogP contribution is 2.66. The molecule has 2 aliphatic rings. The zero-order valence-corrected chi connectivity index (χ0v) is 35.9. The van der Waals surface area contributed by atoms with Gasteiger partial charge in [0.2, 0.25) is 0 Å². The summed E-state index contributed by atoms with van der Waals surface area (Å²) in [5.74, 6) is 0. The Morgan fingerprint density at radius 2 is 0.818 bits per heavy atom. The van der Waals surface area contributed by atoms with Crippen molar-refractivity contribution < 1.29 is 4.42 Å². The van der Waals surface area contributed by atoms with Crippen LogP contribution in [0.1, 0.15) is 22.3 Å². The van der Waals surface area contributed by atoms with Crippen LogP contribution in [0.3, 0.4) is 0 Å². The van der Waals surface area contributed by atoms with E-state index in [4.69, 9.17) is 4.42 Å². The van der Waals surface area contributed by atoms with Gasteiger partial charge in [-0.25, -0.2) is 0 Å². The predicted molar refractivity (Wildman–Crippen MR) is 274 cm³/mol. The number of fused-ring (bicyclic) bond motifs is 18. The standard InChI is InChI=1S/C63H40N2O/c1-5-19-43(20-6-1)64(44-21-7-2-8-22-44)47-34-33-41-38-54-57(39-42(41)37-47)63(55-30-16-13-27-49(55)50-28-14-17-31-56(50)63)61-51-36-35-48(65(45-23-9-3-10-24-45)46-25-11-4-12-26-46)40-53(51)59-52-29-15-18-32-58(52)66-62(59)60(54)61/h1-40H. The van der Waals surface area contributed by atoms with Gasteiger partial charge in [-0.3, -0.25) is 0 Å². The summed E-state index contributed by atoms with van der Waals surface area (Å²) in [5.41, 5.74) is 17.9. The van der Waals surface area contributed by atoms with Crippen LogP contribution in [0.15, 0.2) is 247 Å². The zero-order chi connectivity index (χ0) is 43.3. The van der Waals surface area contributed by atoms with Gasteiger partial charge in [0.1, 0.15) is 11.2 Å². The van der Waals surface area contributed by atoms with Gasteiger partial charge < -0.3 is 14.2 Å². The average molecular weight is 841 g/mol. The minimum absolute atomic E-state index is 0.633. The lowest BCUT2D eigenvalue weighted by Gasteiger charge is -2.32. The van der Waals surface area contributed by atoms with Crippen molar-refractivity contribution in [3.63, 3.8) is 0 Å². The molecule has 0 saturated carbocycles. The molecule has 1 aromatic heterocycles. The molecule has 66 heavy (non-hydrogen) atoms. The monoisotopic (exact) mass is 840 g/mol. The summed E-state index contributed by atoms with van der Waals surface area (Å²) < 4.78 is 7.25. The van der Waals surface area contributed by atoms with Gasteiger partial charge >= 0.3 is 0 Å². The molecule has 0 radical (unpaired) electrons. The van der Waals surface area contributed by atoms with Gasteiger partial charge in [-0.15, -0.1) is 0 Å². The number of nitrogens with zero attached hydrogens (tertiary/aromatic N) is 2. The molecule has 0 saturated heterocycles. The van der Waals surface area contributed by atoms with Crippen molar-refractivity contribution in [1.29, 1.82) is 0 Å². The maximum atomic E-state index is 7.25. The quantitative estimate of drug-likeness (QED) is 0.166. The third-order valence-electron chi connectivity index (χ3n) is 14.1. The molecule has 12 aromatic rings. The highest BCUT2D eigenvalue weighted by molar-refractivity contribution is 6.27. The van der Waals surface area contributed by atoms with Gasteiger partial charge in [-0.2, -0.15) is 0 Å². The predicted octanol–water partition coefficient (Wildman–Crippen LogP) is 17.2. The van der Waals surface area contributed by atoms with Crippen LogP contribution in [0.25, 0.3) is 65.7 Å². The Bertz CT molecular complexity index is 3750. The van der Waals surface area contributed by atoms with Gasteiger partial charge in [0.25, 0.3) is 0 Å². The Kier molecular flexibility index (Phi) is 7.90. The summed E-state index contributed by atoms with van der Waals surface area (Å²) in [4.78, 5) is 4.72. The van der Waals surface area contributed by atoms with E-state index in [1.54, 1.807) is 0 Å². The van der Waals surface area contributed by atoms with E-state index in [0.717, 1.165) is 56.1 Å². The van der Waals surface area contributed by atoms with E-state index < -0.39 is 5.41 Å². The Labute approximate surface area is 382 Å². The molecule has 1 spiro atoms. The van der Waals surface area contributed by atoms with Crippen LogP contribution in [0.5, 0.6) is 0 Å². The highest BCUT2D eigenvalue weighted by Gasteiger charge is 2.53. The van der Waals surface area contributed by atoms with Crippen LogP contribution < -0.4 is 9.80 Å². The lowest BCUT2D eigenvalue weighted by molar-refractivity contribution is 0.669. The van der Waals surface area contributed by atoms with Crippen molar-refractivity contribution in [2.45, 2.75) is 5.41 Å². The minimum atomic E-state index is -0.633. The van der Waals surface area contributed by atoms with Crippen molar-refractivity contribution in [3.05, 3.63) is 265 Å². The summed E-state index contributed by atoms with van der Waals surface area (Å²) in [6.07, 6.45) is 0. The fraction of sp³-hybridized carbons (Fsp3) is 0.0159. The van der Waals surface area contributed by atoms with Crippen molar-refractivity contribution in [2.24, 2.45) is 0 Å². The maximum absolute atomic E-state index is 7.25. The number of benzene rings is 11. The average Bonchev–Trinajstić information content (AvgIpc) is 4.02. The first-order chi connectivity index (χ1) is 32.8. The number of hydrogen-bond acceptors (Lipinski definition) is 3. The van der Waals surface area contributed by atoms with E-state index in [9.17, 15) is 0 Å². The fourth-order valence-electron chi connectivity index (χ4n) is 11.6. The minimum Gasteiger partial charge on any atom is -0.455 e. The van der Waals surface area contributed by atoms with Gasteiger partial charge in [-0.1, -0.05) is 152 Å². The molecule has 0 N–H and O–H groups in total. The summed E-state index contributed by atoms with van der Waals surface area (Å²) in [6, 6.07) is 88.5. The van der Waals surface area contributed by atoms with Crippen molar-refractivity contribution >= 4 is 77.6 Å². The first-order valence-corrected chi connectivity index (χ1v) is 22.8. The molecule has 0 amide bonds. The SMILES string of the molecule is c1ccc(N(c2ccccc2)c2ccc3cc4c(cc3c2)C2(c3ccccc3-c3ccccc32)c2c-4c3oc4ccccc4c3c3cc(N(c4ccccc4)c4ccccc4)ccc23)cc1. The summed E-state index contributed by atoms with van der Waals surface area (Å²) in [7, 11) is 0. The molecule has 3 nitrogen and oxygen atoms in total. The van der Waals surface area contributed by atoms with E-state index in [0.29, 0.717) is 0 Å². The number of anilines is 6. The molecular weight excluding hydrogens is 801 g/mol. The molecule has 2 aliphatic carbocycles. The lowest BCUT2D eigenvalue weighted by atomic mass is 9.69. The molecule has 3 heteroatoms. The largest absolute Gasteiger partial charge is 0.455 e. The molecular formula is C63H40N2O.